The second-order valence-electron chi connectivity index (χ2n) is 4.01. The maximum Gasteiger partial charge on any atom is 0.308 e. The van der Waals surface area contributed by atoms with E-state index in [0.717, 1.165) is 0 Å². The van der Waals surface area contributed by atoms with Crippen LogP contribution >= 0.6 is 0 Å². The van der Waals surface area contributed by atoms with Crippen molar-refractivity contribution in [1.82, 2.24) is 10.6 Å². The minimum atomic E-state index is -1.35. The van der Waals surface area contributed by atoms with Crippen molar-refractivity contribution in [3.05, 3.63) is 0 Å². The Morgan fingerprint density at radius 1 is 0.640 bits per heavy atom. The Morgan fingerprint density at radius 2 is 0.840 bits per heavy atom. The Hall–Kier alpha value is -1.02. The standard InChI is InChI=1S/C10H14N2O6.2C2H6.2CH4.Y/c1-11-7(13)3-5(9(15)16)4(8(14)12-2)6(3)10(17)18;2*1-2;;;/h3-6H,1-2H3,(H,11,13)(H,12,14)(H,15,16)(H,17,18);2*1-2H3;2*1H4;. The van der Waals surface area contributed by atoms with E-state index in [1.54, 1.807) is 0 Å². The average molecular weight is 439 g/mol. The third-order valence-electron chi connectivity index (χ3n) is 3.22. The summed E-state index contributed by atoms with van der Waals surface area (Å²) in [5.41, 5.74) is 0. The van der Waals surface area contributed by atoms with Crippen LogP contribution in [0, 0.1) is 23.7 Å². The van der Waals surface area contributed by atoms with Gasteiger partial charge in [0.05, 0.1) is 23.7 Å². The number of nitrogens with one attached hydrogen (secondary N) is 2. The molecule has 4 N–H and O–H groups in total. The summed E-state index contributed by atoms with van der Waals surface area (Å²) in [6.45, 7) is 8.00. The zero-order valence-electron chi connectivity index (χ0n) is 14.4. The first-order chi connectivity index (χ1) is 10.4. The SMILES string of the molecule is C.C.CC.CC.CNC(=O)C1C(C(=O)O)C(C(=O)NC)C1C(=O)O.[Y]. The largest absolute Gasteiger partial charge is 0.481 e. The Labute approximate surface area is 176 Å². The van der Waals surface area contributed by atoms with Gasteiger partial charge >= 0.3 is 11.9 Å². The molecule has 0 aromatic carbocycles. The number of carboxylic acid groups (broad SMARTS) is 2. The Morgan fingerprint density at radius 3 is 0.960 bits per heavy atom. The van der Waals surface area contributed by atoms with Gasteiger partial charge in [-0.2, -0.15) is 0 Å². The Bertz CT molecular complexity index is 371. The van der Waals surface area contributed by atoms with E-state index in [9.17, 15) is 19.2 Å². The van der Waals surface area contributed by atoms with E-state index in [1.165, 1.54) is 14.1 Å². The number of carbonyl (C=O) groups excluding carboxylic acids is 2. The third kappa shape index (κ3) is 8.27. The van der Waals surface area contributed by atoms with Crippen molar-refractivity contribution < 1.29 is 62.1 Å². The van der Waals surface area contributed by atoms with E-state index in [-0.39, 0.29) is 47.6 Å². The summed E-state index contributed by atoms with van der Waals surface area (Å²) in [7, 11) is 2.57. The number of carbonyl (C=O) groups is 4. The molecule has 0 aliphatic heterocycles. The van der Waals surface area contributed by atoms with Crippen LogP contribution in [-0.2, 0) is 51.9 Å². The van der Waals surface area contributed by atoms with Crippen LogP contribution in [0.5, 0.6) is 0 Å². The molecule has 1 aliphatic rings. The molecule has 9 heteroatoms. The molecule has 1 radical (unpaired) electrons. The quantitative estimate of drug-likeness (QED) is 0.524. The molecule has 0 atom stereocenters. The first-order valence-corrected chi connectivity index (χ1v) is 7.25. The van der Waals surface area contributed by atoms with E-state index in [4.69, 9.17) is 10.2 Å². The van der Waals surface area contributed by atoms with Gasteiger partial charge in [0, 0.05) is 46.8 Å². The number of hydrogen-bond donors (Lipinski definition) is 4. The predicted octanol–water partition coefficient (Wildman–Crippen LogP) is 1.45. The second kappa shape index (κ2) is 17.8. The summed E-state index contributed by atoms with van der Waals surface area (Å²) in [5, 5.41) is 22.5. The van der Waals surface area contributed by atoms with E-state index in [0.29, 0.717) is 0 Å². The molecule has 1 fully saturated rings. The van der Waals surface area contributed by atoms with Crippen LogP contribution in [0.1, 0.15) is 42.5 Å². The van der Waals surface area contributed by atoms with Gasteiger partial charge in [0.15, 0.2) is 0 Å². The second-order valence-corrected chi connectivity index (χ2v) is 4.01. The molecule has 0 unspecified atom stereocenters. The third-order valence-corrected chi connectivity index (χ3v) is 3.22. The minimum Gasteiger partial charge on any atom is -0.481 e. The molecule has 1 saturated carbocycles. The van der Waals surface area contributed by atoms with Gasteiger partial charge in [-0.3, -0.25) is 19.2 Å². The van der Waals surface area contributed by atoms with Crippen molar-refractivity contribution in [2.45, 2.75) is 42.5 Å². The Balaban J connectivity index is -0.000000177. The van der Waals surface area contributed by atoms with Gasteiger partial charge in [-0.25, -0.2) is 0 Å². The number of rotatable bonds is 4. The van der Waals surface area contributed by atoms with Crippen molar-refractivity contribution in [3.8, 4) is 0 Å². The first-order valence-electron chi connectivity index (χ1n) is 7.25. The van der Waals surface area contributed by atoms with Crippen LogP contribution in [0.25, 0.3) is 0 Å². The van der Waals surface area contributed by atoms with Gasteiger partial charge in [-0.1, -0.05) is 42.5 Å². The molecule has 0 saturated heterocycles. The van der Waals surface area contributed by atoms with Crippen LogP contribution < -0.4 is 10.6 Å². The molecule has 147 valence electrons. The maximum absolute atomic E-state index is 11.5. The van der Waals surface area contributed by atoms with Gasteiger partial charge < -0.3 is 20.8 Å². The van der Waals surface area contributed by atoms with Crippen molar-refractivity contribution >= 4 is 23.8 Å². The van der Waals surface area contributed by atoms with Crippen LogP contribution in [0.4, 0.5) is 0 Å². The van der Waals surface area contributed by atoms with Crippen molar-refractivity contribution in [2.24, 2.45) is 23.7 Å². The molecule has 8 nitrogen and oxygen atoms in total. The molecule has 1 rings (SSSR count). The van der Waals surface area contributed by atoms with Crippen LogP contribution in [0.3, 0.4) is 0 Å². The molecule has 0 spiro atoms. The summed E-state index contributed by atoms with van der Waals surface area (Å²) in [4.78, 5) is 45.1. The van der Waals surface area contributed by atoms with Crippen molar-refractivity contribution in [3.63, 3.8) is 0 Å². The zero-order chi connectivity index (χ0) is 18.0. The monoisotopic (exact) mass is 439 g/mol. The summed E-state index contributed by atoms with van der Waals surface area (Å²) in [6.07, 6.45) is 0. The number of hydrogen-bond acceptors (Lipinski definition) is 4. The number of carboxylic acids is 2. The topological polar surface area (TPSA) is 133 Å². The zero-order valence-corrected chi connectivity index (χ0v) is 17.3. The van der Waals surface area contributed by atoms with Gasteiger partial charge in [0.2, 0.25) is 11.8 Å². The van der Waals surface area contributed by atoms with Crippen LogP contribution in [0.15, 0.2) is 0 Å². The fourth-order valence-corrected chi connectivity index (χ4v) is 2.35. The van der Waals surface area contributed by atoms with E-state index < -0.39 is 47.4 Å². The smallest absolute Gasteiger partial charge is 0.308 e. The van der Waals surface area contributed by atoms with Gasteiger partial charge in [-0.05, 0) is 0 Å². The fourth-order valence-electron chi connectivity index (χ4n) is 2.35. The molecule has 25 heavy (non-hydrogen) atoms. The van der Waals surface area contributed by atoms with Gasteiger partial charge in [0.1, 0.15) is 0 Å². The predicted molar refractivity (Wildman–Crippen MR) is 93.5 cm³/mol. The van der Waals surface area contributed by atoms with Gasteiger partial charge in [0.25, 0.3) is 0 Å². The summed E-state index contributed by atoms with van der Waals surface area (Å²) in [5.74, 6) is -9.16. The molecule has 0 bridgehead atoms. The average Bonchev–Trinajstić information content (AvgIpc) is 2.48. The molecular weight excluding hydrogens is 405 g/mol. The van der Waals surface area contributed by atoms with Crippen molar-refractivity contribution in [1.29, 1.82) is 0 Å². The molecular formula is C16H34N2O6Y. The van der Waals surface area contributed by atoms with Crippen LogP contribution in [-0.4, -0.2) is 48.1 Å². The molecule has 2 amide bonds. The van der Waals surface area contributed by atoms with Crippen molar-refractivity contribution in [2.75, 3.05) is 14.1 Å². The normalized spacial score (nSPS) is 22.0. The minimum absolute atomic E-state index is 0. The van der Waals surface area contributed by atoms with Crippen LogP contribution in [0.2, 0.25) is 0 Å². The molecule has 0 aromatic rings. The first kappa shape index (κ1) is 35.2. The maximum atomic E-state index is 11.5. The number of amides is 2. The molecule has 1 aliphatic carbocycles. The van der Waals surface area contributed by atoms with E-state index in [2.05, 4.69) is 10.6 Å². The van der Waals surface area contributed by atoms with E-state index >= 15 is 0 Å². The summed E-state index contributed by atoms with van der Waals surface area (Å²) in [6, 6.07) is 0. The van der Waals surface area contributed by atoms with E-state index in [1.807, 2.05) is 27.7 Å². The fraction of sp³-hybridized carbons (Fsp3) is 0.750. The molecule has 0 heterocycles. The summed E-state index contributed by atoms with van der Waals surface area (Å²) >= 11 is 0. The molecule has 0 aromatic heterocycles. The Kier molecular flexibility index (Phi) is 25.0. The van der Waals surface area contributed by atoms with Gasteiger partial charge in [-0.15, -0.1) is 0 Å². The summed E-state index contributed by atoms with van der Waals surface area (Å²) < 4.78 is 0. The number of aliphatic carboxylic acids is 2.